The first-order valence-electron chi connectivity index (χ1n) is 9.51. The molecule has 0 saturated heterocycles. The molecule has 0 unspecified atom stereocenters. The molecular formula is C22H19F2N5O2. The van der Waals surface area contributed by atoms with Crippen LogP contribution in [-0.2, 0) is 13.6 Å². The lowest BCUT2D eigenvalue weighted by Crippen LogP contribution is -2.16. The van der Waals surface area contributed by atoms with Crippen molar-refractivity contribution in [2.45, 2.75) is 6.54 Å². The lowest BCUT2D eigenvalue weighted by molar-refractivity contribution is 0.102. The Morgan fingerprint density at radius 2 is 1.90 bits per heavy atom. The average molecular weight is 423 g/mol. The molecule has 0 atom stereocenters. The molecule has 2 heterocycles. The molecule has 0 bridgehead atoms. The van der Waals surface area contributed by atoms with Crippen molar-refractivity contribution in [3.63, 3.8) is 0 Å². The number of benzene rings is 2. The number of carbonyl (C=O) groups excluding carboxylic acids is 1. The predicted octanol–water partition coefficient (Wildman–Crippen LogP) is 3.47. The fourth-order valence-corrected chi connectivity index (χ4v) is 3.31. The molecule has 1 amide bonds. The summed E-state index contributed by atoms with van der Waals surface area (Å²) in [7, 11) is 1.60. The number of anilines is 1. The van der Waals surface area contributed by atoms with Crippen molar-refractivity contribution in [2.24, 2.45) is 7.05 Å². The Hall–Kier alpha value is -3.85. The second-order valence-electron chi connectivity index (χ2n) is 6.84. The molecule has 0 aliphatic rings. The third kappa shape index (κ3) is 4.08. The van der Waals surface area contributed by atoms with E-state index in [-0.39, 0.29) is 24.4 Å². The highest BCUT2D eigenvalue weighted by molar-refractivity contribution is 6.07. The number of rotatable bonds is 6. The number of aromatic nitrogens is 4. The van der Waals surface area contributed by atoms with Gasteiger partial charge in [-0.05, 0) is 12.1 Å². The fourth-order valence-electron chi connectivity index (χ4n) is 3.31. The minimum atomic E-state index is -0.743. The van der Waals surface area contributed by atoms with Gasteiger partial charge in [-0.2, -0.15) is 10.2 Å². The van der Waals surface area contributed by atoms with Crippen molar-refractivity contribution < 1.29 is 18.7 Å². The Morgan fingerprint density at radius 3 is 2.61 bits per heavy atom. The van der Waals surface area contributed by atoms with Crippen LogP contribution in [0.2, 0.25) is 0 Å². The molecule has 0 spiro atoms. The number of amides is 1. The van der Waals surface area contributed by atoms with Gasteiger partial charge in [-0.3, -0.25) is 14.2 Å². The summed E-state index contributed by atoms with van der Waals surface area (Å²) >= 11 is 0. The number of halogens is 2. The molecular weight excluding hydrogens is 404 g/mol. The molecule has 158 valence electrons. The van der Waals surface area contributed by atoms with Gasteiger partial charge >= 0.3 is 0 Å². The van der Waals surface area contributed by atoms with Gasteiger partial charge in [-0.25, -0.2) is 8.78 Å². The molecule has 31 heavy (non-hydrogen) atoms. The lowest BCUT2D eigenvalue weighted by atomic mass is 10.1. The summed E-state index contributed by atoms with van der Waals surface area (Å²) < 4.78 is 30.3. The molecule has 4 rings (SSSR count). The molecule has 7 nitrogen and oxygen atoms in total. The van der Waals surface area contributed by atoms with Crippen molar-refractivity contribution in [3.05, 3.63) is 78.0 Å². The smallest absolute Gasteiger partial charge is 0.260 e. The van der Waals surface area contributed by atoms with Gasteiger partial charge in [-0.15, -0.1) is 0 Å². The molecule has 4 aromatic rings. The number of nitrogens with one attached hydrogen (secondary N) is 1. The van der Waals surface area contributed by atoms with Crippen molar-refractivity contribution in [1.29, 1.82) is 0 Å². The van der Waals surface area contributed by atoms with Crippen molar-refractivity contribution in [1.82, 2.24) is 19.6 Å². The number of hydrogen-bond donors (Lipinski definition) is 2. The van der Waals surface area contributed by atoms with E-state index in [0.717, 1.165) is 17.7 Å². The van der Waals surface area contributed by atoms with E-state index >= 15 is 0 Å². The van der Waals surface area contributed by atoms with E-state index in [9.17, 15) is 18.7 Å². The van der Waals surface area contributed by atoms with E-state index in [4.69, 9.17) is 0 Å². The van der Waals surface area contributed by atoms with E-state index in [1.807, 2.05) is 30.3 Å². The second kappa shape index (κ2) is 8.49. The van der Waals surface area contributed by atoms with Crippen LogP contribution >= 0.6 is 0 Å². The second-order valence-corrected chi connectivity index (χ2v) is 6.84. The van der Waals surface area contributed by atoms with E-state index in [1.54, 1.807) is 11.7 Å². The molecule has 0 aliphatic carbocycles. The summed E-state index contributed by atoms with van der Waals surface area (Å²) in [6.45, 7) is 0.105. The van der Waals surface area contributed by atoms with Gasteiger partial charge in [0.1, 0.15) is 17.5 Å². The Kier molecular flexibility index (Phi) is 5.59. The zero-order valence-corrected chi connectivity index (χ0v) is 16.6. The standard InChI is InChI=1S/C22H19F2N5O2/c1-28-20(12-19(27-28)16-8-7-15(23)11-18(16)24)26-22(31)17-13-25-29(9-10-30)21(17)14-5-3-2-4-6-14/h2-8,11-13,30H,9-10H2,1H3,(H,26,31). The largest absolute Gasteiger partial charge is 0.394 e. The van der Waals surface area contributed by atoms with Crippen LogP contribution in [0.4, 0.5) is 14.6 Å². The summed E-state index contributed by atoms with van der Waals surface area (Å²) in [5, 5.41) is 20.5. The van der Waals surface area contributed by atoms with Gasteiger partial charge in [0, 0.05) is 30.3 Å². The van der Waals surface area contributed by atoms with Crippen LogP contribution in [0.3, 0.4) is 0 Å². The minimum Gasteiger partial charge on any atom is -0.394 e. The normalized spacial score (nSPS) is 11.0. The molecule has 9 heteroatoms. The number of nitrogens with zero attached hydrogens (tertiary/aromatic N) is 4. The van der Waals surface area contributed by atoms with Gasteiger partial charge in [0.15, 0.2) is 0 Å². The van der Waals surface area contributed by atoms with Gasteiger partial charge < -0.3 is 10.4 Å². The van der Waals surface area contributed by atoms with Gasteiger partial charge in [0.05, 0.1) is 36.3 Å². The highest BCUT2D eigenvalue weighted by Gasteiger charge is 2.21. The van der Waals surface area contributed by atoms with Crippen molar-refractivity contribution in [3.8, 4) is 22.5 Å². The third-order valence-corrected chi connectivity index (χ3v) is 4.77. The van der Waals surface area contributed by atoms with Crippen LogP contribution in [0.25, 0.3) is 22.5 Å². The molecule has 0 saturated carbocycles. The zero-order chi connectivity index (χ0) is 22.0. The molecule has 0 aliphatic heterocycles. The van der Waals surface area contributed by atoms with Crippen molar-refractivity contribution >= 4 is 11.7 Å². The lowest BCUT2D eigenvalue weighted by Gasteiger charge is -2.09. The first-order valence-corrected chi connectivity index (χ1v) is 9.51. The van der Waals surface area contributed by atoms with E-state index in [2.05, 4.69) is 15.5 Å². The quantitative estimate of drug-likeness (QED) is 0.497. The maximum atomic E-state index is 14.1. The van der Waals surface area contributed by atoms with Crippen LogP contribution in [0.5, 0.6) is 0 Å². The maximum absolute atomic E-state index is 14.1. The summed E-state index contributed by atoms with van der Waals surface area (Å²) in [5.41, 5.74) is 2.04. The Labute approximate surface area is 176 Å². The maximum Gasteiger partial charge on any atom is 0.260 e. The average Bonchev–Trinajstić information content (AvgIpc) is 3.32. The molecule has 2 aromatic heterocycles. The van der Waals surface area contributed by atoms with Crippen LogP contribution < -0.4 is 5.32 Å². The highest BCUT2D eigenvalue weighted by Crippen LogP contribution is 2.27. The number of hydrogen-bond acceptors (Lipinski definition) is 4. The van der Waals surface area contributed by atoms with Gasteiger partial charge in [-0.1, -0.05) is 30.3 Å². The molecule has 2 aromatic carbocycles. The molecule has 2 N–H and O–H groups in total. The van der Waals surface area contributed by atoms with E-state index < -0.39 is 17.5 Å². The highest BCUT2D eigenvalue weighted by atomic mass is 19.1. The first kappa shape index (κ1) is 20.4. The number of aliphatic hydroxyl groups excluding tert-OH is 1. The summed E-state index contributed by atoms with van der Waals surface area (Å²) in [4.78, 5) is 13.0. The summed E-state index contributed by atoms with van der Waals surface area (Å²) in [6, 6.07) is 14.0. The van der Waals surface area contributed by atoms with E-state index in [0.29, 0.717) is 17.1 Å². The van der Waals surface area contributed by atoms with Crippen LogP contribution in [-0.4, -0.2) is 37.2 Å². The number of carbonyl (C=O) groups is 1. The van der Waals surface area contributed by atoms with E-state index in [1.165, 1.54) is 23.0 Å². The number of aryl methyl sites for hydroxylation is 1. The monoisotopic (exact) mass is 423 g/mol. The summed E-state index contributed by atoms with van der Waals surface area (Å²) in [5.74, 6) is -1.53. The number of aliphatic hydroxyl groups is 1. The van der Waals surface area contributed by atoms with Gasteiger partial charge in [0.25, 0.3) is 5.91 Å². The Bertz CT molecular complexity index is 1230. The van der Waals surface area contributed by atoms with Crippen LogP contribution in [0.1, 0.15) is 10.4 Å². The predicted molar refractivity (Wildman–Crippen MR) is 111 cm³/mol. The van der Waals surface area contributed by atoms with Gasteiger partial charge in [0.2, 0.25) is 0 Å². The fraction of sp³-hybridized carbons (Fsp3) is 0.136. The first-order chi connectivity index (χ1) is 15.0. The third-order valence-electron chi connectivity index (χ3n) is 4.77. The zero-order valence-electron chi connectivity index (χ0n) is 16.6. The van der Waals surface area contributed by atoms with Crippen LogP contribution in [0, 0.1) is 11.6 Å². The van der Waals surface area contributed by atoms with Crippen molar-refractivity contribution in [2.75, 3.05) is 11.9 Å². The Morgan fingerprint density at radius 1 is 1.13 bits per heavy atom. The minimum absolute atomic E-state index is 0.123. The molecule has 0 fully saturated rings. The Balaban J connectivity index is 1.66. The molecule has 0 radical (unpaired) electrons. The SMILES string of the molecule is Cn1nc(-c2ccc(F)cc2F)cc1NC(=O)c1cnn(CCO)c1-c1ccccc1. The summed E-state index contributed by atoms with van der Waals surface area (Å²) in [6.07, 6.45) is 1.43. The van der Waals surface area contributed by atoms with Crippen LogP contribution in [0.15, 0.2) is 60.8 Å². The topological polar surface area (TPSA) is 85.0 Å².